The van der Waals surface area contributed by atoms with Gasteiger partial charge in [0, 0.05) is 23.9 Å². The number of hydrogen-bond donors (Lipinski definition) is 1. The predicted octanol–water partition coefficient (Wildman–Crippen LogP) is 3.01. The zero-order chi connectivity index (χ0) is 17.4. The summed E-state index contributed by atoms with van der Waals surface area (Å²) in [6, 6.07) is 12.4. The Hall–Kier alpha value is -2.14. The number of fused-ring (bicyclic) bond motifs is 1. The standard InChI is InChI=1S/C20H22N2O2S/c1-14-4-2-5-15(10-14)20(11-16-7-8-18(23)22(16)13-20)19(24)21-12-17-6-3-9-25-17/h2-6,9-10,16H,7-8,11-13H2,1H3,(H,21,24)/t16-,20+/m0/s1. The van der Waals surface area contributed by atoms with Crippen LogP contribution in [0.15, 0.2) is 41.8 Å². The van der Waals surface area contributed by atoms with E-state index in [1.54, 1.807) is 11.3 Å². The fraction of sp³-hybridized carbons (Fsp3) is 0.400. The number of nitrogens with one attached hydrogen (secondary N) is 1. The van der Waals surface area contributed by atoms with Crippen LogP contribution in [0.3, 0.4) is 0 Å². The van der Waals surface area contributed by atoms with Gasteiger partial charge in [-0.3, -0.25) is 9.59 Å². The van der Waals surface area contributed by atoms with Gasteiger partial charge >= 0.3 is 0 Å². The van der Waals surface area contributed by atoms with Crippen molar-refractivity contribution in [3.05, 3.63) is 57.8 Å². The number of aryl methyl sites for hydroxylation is 1. The van der Waals surface area contributed by atoms with Crippen LogP contribution in [0.5, 0.6) is 0 Å². The minimum Gasteiger partial charge on any atom is -0.350 e. The first-order valence-electron chi connectivity index (χ1n) is 8.76. The molecule has 130 valence electrons. The molecule has 3 heterocycles. The first-order chi connectivity index (χ1) is 12.1. The number of nitrogens with zero attached hydrogens (tertiary/aromatic N) is 1. The first kappa shape index (κ1) is 16.3. The molecule has 2 aliphatic heterocycles. The highest BCUT2D eigenvalue weighted by atomic mass is 32.1. The van der Waals surface area contributed by atoms with E-state index >= 15 is 0 Å². The van der Waals surface area contributed by atoms with E-state index in [2.05, 4.69) is 11.4 Å². The summed E-state index contributed by atoms with van der Waals surface area (Å²) in [7, 11) is 0. The Kier molecular flexibility index (Phi) is 4.12. The van der Waals surface area contributed by atoms with Gasteiger partial charge in [-0.2, -0.15) is 0 Å². The SMILES string of the molecule is Cc1cccc([C@@]2(C(=O)NCc3cccs3)C[C@@H]3CCC(=O)N3C2)c1. The normalized spacial score (nSPS) is 25.2. The van der Waals surface area contributed by atoms with Crippen molar-refractivity contribution in [2.45, 2.75) is 44.2 Å². The van der Waals surface area contributed by atoms with Crippen LogP contribution in [0.25, 0.3) is 0 Å². The number of carbonyl (C=O) groups excluding carboxylic acids is 2. The van der Waals surface area contributed by atoms with E-state index in [1.807, 2.05) is 47.5 Å². The van der Waals surface area contributed by atoms with Crippen molar-refractivity contribution in [2.24, 2.45) is 0 Å². The molecule has 4 rings (SSSR count). The molecular formula is C20H22N2O2S. The second-order valence-corrected chi connectivity index (χ2v) is 8.16. The summed E-state index contributed by atoms with van der Waals surface area (Å²) >= 11 is 1.64. The third kappa shape index (κ3) is 2.86. The Bertz CT molecular complexity index is 802. The second-order valence-electron chi connectivity index (χ2n) is 7.13. The van der Waals surface area contributed by atoms with Gasteiger partial charge in [0.1, 0.15) is 0 Å². The largest absolute Gasteiger partial charge is 0.350 e. The predicted molar refractivity (Wildman–Crippen MR) is 98.4 cm³/mol. The first-order valence-corrected chi connectivity index (χ1v) is 9.64. The van der Waals surface area contributed by atoms with E-state index in [9.17, 15) is 9.59 Å². The van der Waals surface area contributed by atoms with Crippen LogP contribution < -0.4 is 5.32 Å². The van der Waals surface area contributed by atoms with Crippen LogP contribution in [0, 0.1) is 6.92 Å². The minimum atomic E-state index is -0.635. The summed E-state index contributed by atoms with van der Waals surface area (Å²) in [4.78, 5) is 28.5. The lowest BCUT2D eigenvalue weighted by Gasteiger charge is -2.29. The van der Waals surface area contributed by atoms with Crippen molar-refractivity contribution in [3.8, 4) is 0 Å². The average Bonchev–Trinajstić information content (AvgIpc) is 3.31. The zero-order valence-corrected chi connectivity index (χ0v) is 15.1. The van der Waals surface area contributed by atoms with Crippen molar-refractivity contribution in [2.75, 3.05) is 6.54 Å². The molecule has 1 aromatic heterocycles. The van der Waals surface area contributed by atoms with Gasteiger partial charge in [-0.05, 0) is 36.8 Å². The number of rotatable bonds is 4. The lowest BCUT2D eigenvalue weighted by Crippen LogP contribution is -2.46. The third-order valence-electron chi connectivity index (χ3n) is 5.49. The van der Waals surface area contributed by atoms with Crippen LogP contribution in [-0.2, 0) is 21.5 Å². The Morgan fingerprint density at radius 2 is 2.24 bits per heavy atom. The van der Waals surface area contributed by atoms with Crippen molar-refractivity contribution >= 4 is 23.2 Å². The molecule has 0 spiro atoms. The van der Waals surface area contributed by atoms with Crippen molar-refractivity contribution in [1.29, 1.82) is 0 Å². The molecule has 2 aliphatic rings. The molecule has 5 heteroatoms. The monoisotopic (exact) mass is 354 g/mol. The third-order valence-corrected chi connectivity index (χ3v) is 6.36. The van der Waals surface area contributed by atoms with E-state index < -0.39 is 5.41 Å². The fourth-order valence-electron chi connectivity index (χ4n) is 4.18. The summed E-state index contributed by atoms with van der Waals surface area (Å²) in [6.07, 6.45) is 2.20. The number of hydrogen-bond acceptors (Lipinski definition) is 3. The van der Waals surface area contributed by atoms with Gasteiger partial charge in [0.25, 0.3) is 0 Å². The van der Waals surface area contributed by atoms with E-state index in [1.165, 1.54) is 0 Å². The van der Waals surface area contributed by atoms with Crippen molar-refractivity contribution in [3.63, 3.8) is 0 Å². The number of thiophene rings is 1. The topological polar surface area (TPSA) is 49.4 Å². The highest BCUT2D eigenvalue weighted by Gasteiger charge is 2.53. The molecule has 0 aliphatic carbocycles. The Labute approximate surface area is 151 Å². The van der Waals surface area contributed by atoms with E-state index in [0.29, 0.717) is 19.5 Å². The molecule has 0 saturated carbocycles. The van der Waals surface area contributed by atoms with E-state index in [4.69, 9.17) is 0 Å². The molecule has 2 aromatic rings. The van der Waals surface area contributed by atoms with Crippen LogP contribution in [0.4, 0.5) is 0 Å². The van der Waals surface area contributed by atoms with Gasteiger partial charge in [-0.15, -0.1) is 11.3 Å². The lowest BCUT2D eigenvalue weighted by atomic mass is 9.76. The van der Waals surface area contributed by atoms with Gasteiger partial charge in [0.15, 0.2) is 0 Å². The van der Waals surface area contributed by atoms with E-state index in [0.717, 1.165) is 28.8 Å². The van der Waals surface area contributed by atoms with Crippen LogP contribution in [-0.4, -0.2) is 29.3 Å². The minimum absolute atomic E-state index is 0.0358. The maximum Gasteiger partial charge on any atom is 0.232 e. The maximum absolute atomic E-state index is 13.3. The van der Waals surface area contributed by atoms with Crippen molar-refractivity contribution < 1.29 is 9.59 Å². The maximum atomic E-state index is 13.3. The molecule has 0 radical (unpaired) electrons. The summed E-state index contributed by atoms with van der Waals surface area (Å²) in [5.41, 5.74) is 1.53. The molecule has 1 N–H and O–H groups in total. The molecule has 0 unspecified atom stereocenters. The summed E-state index contributed by atoms with van der Waals surface area (Å²) in [5.74, 6) is 0.222. The molecule has 2 fully saturated rings. The number of benzene rings is 1. The van der Waals surface area contributed by atoms with Gasteiger partial charge < -0.3 is 10.2 Å². The second kappa shape index (κ2) is 6.30. The van der Waals surface area contributed by atoms with E-state index in [-0.39, 0.29) is 17.9 Å². The average molecular weight is 354 g/mol. The molecule has 4 nitrogen and oxygen atoms in total. The number of carbonyl (C=O) groups is 2. The van der Waals surface area contributed by atoms with Gasteiger partial charge in [-0.25, -0.2) is 0 Å². The van der Waals surface area contributed by atoms with Crippen LogP contribution in [0.1, 0.15) is 35.3 Å². The Morgan fingerprint density at radius 1 is 1.36 bits per heavy atom. The smallest absolute Gasteiger partial charge is 0.232 e. The quantitative estimate of drug-likeness (QED) is 0.918. The lowest BCUT2D eigenvalue weighted by molar-refractivity contribution is -0.129. The molecule has 0 bridgehead atoms. The Balaban J connectivity index is 1.64. The Morgan fingerprint density at radius 3 is 2.96 bits per heavy atom. The molecule has 25 heavy (non-hydrogen) atoms. The summed E-state index contributed by atoms with van der Waals surface area (Å²) < 4.78 is 0. The van der Waals surface area contributed by atoms with Crippen LogP contribution in [0.2, 0.25) is 0 Å². The van der Waals surface area contributed by atoms with Crippen LogP contribution >= 0.6 is 11.3 Å². The molecule has 1 aromatic carbocycles. The highest BCUT2D eigenvalue weighted by molar-refractivity contribution is 7.09. The summed E-state index contributed by atoms with van der Waals surface area (Å²) in [5, 5.41) is 5.14. The van der Waals surface area contributed by atoms with Crippen molar-refractivity contribution in [1.82, 2.24) is 10.2 Å². The molecule has 2 amide bonds. The molecular weight excluding hydrogens is 332 g/mol. The highest BCUT2D eigenvalue weighted by Crippen LogP contribution is 2.43. The van der Waals surface area contributed by atoms with Gasteiger partial charge in [0.2, 0.25) is 11.8 Å². The zero-order valence-electron chi connectivity index (χ0n) is 14.3. The number of amides is 2. The molecule has 2 saturated heterocycles. The fourth-order valence-corrected chi connectivity index (χ4v) is 4.82. The van der Waals surface area contributed by atoms with Gasteiger partial charge in [0.05, 0.1) is 12.0 Å². The van der Waals surface area contributed by atoms with Gasteiger partial charge in [-0.1, -0.05) is 35.9 Å². The summed E-state index contributed by atoms with van der Waals surface area (Å²) in [6.45, 7) is 3.08. The molecule has 2 atom stereocenters.